The average molecular weight is 700 g/mol. The Balaban J connectivity index is 1.42. The predicted octanol–water partition coefficient (Wildman–Crippen LogP) is 7.27. The van der Waals surface area contributed by atoms with E-state index in [1.807, 2.05) is 58.9 Å². The topological polar surface area (TPSA) is 109 Å². The lowest BCUT2D eigenvalue weighted by molar-refractivity contribution is -0.150. The fraction of sp³-hybridized carbons (Fsp3) is 0.775. The molecule has 0 aromatic rings. The standard InChI is InChI=1S/C40H65N3O7/c1-30-19-21-40(6,47)34(49-38(46)43-26-24-41(25-27-43)33-15-9-7-8-10-16-33)18-17-32(3)36(50-35(44)28-30)31(2)14-13-20-39(4,5)29-48-37(45)42-22-11-12-23-42/h13-14,17-18,20,30,32-34,36,47H,7-12,15-16,19,21-29H2,1-6H3/b18-17+,20-13+,31-14+/t30-,32+,34+,36-,40-/m1/s1. The van der Waals surface area contributed by atoms with E-state index in [1.165, 1.54) is 38.5 Å². The first-order valence-electron chi connectivity index (χ1n) is 19.3. The largest absolute Gasteiger partial charge is 0.457 e. The van der Waals surface area contributed by atoms with Gasteiger partial charge in [0.2, 0.25) is 0 Å². The Morgan fingerprint density at radius 3 is 2.24 bits per heavy atom. The van der Waals surface area contributed by atoms with Gasteiger partial charge >= 0.3 is 18.2 Å². The minimum absolute atomic E-state index is 0.0185. The van der Waals surface area contributed by atoms with E-state index in [9.17, 15) is 19.5 Å². The van der Waals surface area contributed by atoms with Crippen LogP contribution in [0, 0.1) is 17.3 Å². The van der Waals surface area contributed by atoms with E-state index in [0.717, 1.165) is 44.6 Å². The maximum atomic E-state index is 13.5. The number of esters is 1. The number of carbonyl (C=O) groups is 3. The summed E-state index contributed by atoms with van der Waals surface area (Å²) < 4.78 is 17.7. The van der Waals surface area contributed by atoms with Crippen molar-refractivity contribution in [2.45, 2.75) is 136 Å². The van der Waals surface area contributed by atoms with Crippen molar-refractivity contribution in [1.82, 2.24) is 14.7 Å². The highest BCUT2D eigenvalue weighted by Gasteiger charge is 2.37. The van der Waals surface area contributed by atoms with Crippen molar-refractivity contribution >= 4 is 18.2 Å². The minimum atomic E-state index is -1.31. The quantitative estimate of drug-likeness (QED) is 0.0973. The van der Waals surface area contributed by atoms with Crippen LogP contribution in [0.25, 0.3) is 0 Å². The number of carbonyl (C=O) groups excluding carboxylic acids is 3. The van der Waals surface area contributed by atoms with E-state index in [2.05, 4.69) is 4.90 Å². The summed E-state index contributed by atoms with van der Waals surface area (Å²) in [4.78, 5) is 45.0. The monoisotopic (exact) mass is 699 g/mol. The minimum Gasteiger partial charge on any atom is -0.457 e. The number of rotatable bonds is 7. The maximum Gasteiger partial charge on any atom is 0.410 e. The molecule has 10 nitrogen and oxygen atoms in total. The summed E-state index contributed by atoms with van der Waals surface area (Å²) in [6.07, 6.45) is 18.4. The molecule has 50 heavy (non-hydrogen) atoms. The van der Waals surface area contributed by atoms with Gasteiger partial charge in [0.25, 0.3) is 0 Å². The van der Waals surface area contributed by atoms with Crippen LogP contribution < -0.4 is 0 Å². The lowest BCUT2D eigenvalue weighted by Gasteiger charge is -2.40. The Morgan fingerprint density at radius 2 is 1.58 bits per heavy atom. The summed E-state index contributed by atoms with van der Waals surface area (Å²) in [5.41, 5.74) is -0.840. The molecule has 1 aliphatic carbocycles. The van der Waals surface area contributed by atoms with Gasteiger partial charge in [-0.15, -0.1) is 0 Å². The second-order valence-electron chi connectivity index (χ2n) is 16.3. The summed E-state index contributed by atoms with van der Waals surface area (Å²) in [5, 5.41) is 11.7. The Bertz CT molecular complexity index is 1210. The summed E-state index contributed by atoms with van der Waals surface area (Å²) >= 11 is 0. The lowest BCUT2D eigenvalue weighted by atomic mass is 9.87. The SMILES string of the molecule is C/C(=C\C=C\C(C)(C)COC(=O)N1CCCC1)[C@H]1OC(=O)C[C@H](C)CC[C@@](C)(O)[C@@H](OC(=O)N2CCN(C3CCCCCC3)CC2)/C=C/[C@@H]1C. The molecule has 4 aliphatic rings. The molecule has 2 amide bonds. The molecule has 0 aromatic carbocycles. The maximum absolute atomic E-state index is 13.5. The molecule has 0 bridgehead atoms. The number of nitrogens with zero attached hydrogens (tertiary/aromatic N) is 3. The molecule has 0 aromatic heterocycles. The molecule has 3 heterocycles. The Hall–Kier alpha value is -2.85. The van der Waals surface area contributed by atoms with E-state index >= 15 is 0 Å². The number of allylic oxidation sites excluding steroid dienone is 2. The molecule has 10 heteroatoms. The van der Waals surface area contributed by atoms with Gasteiger partial charge in [-0.1, -0.05) is 77.7 Å². The van der Waals surface area contributed by atoms with Gasteiger partial charge < -0.3 is 29.1 Å². The first kappa shape index (κ1) is 39.9. The second kappa shape index (κ2) is 18.6. The fourth-order valence-electron chi connectivity index (χ4n) is 7.54. The van der Waals surface area contributed by atoms with Gasteiger partial charge in [0.1, 0.15) is 18.3 Å². The summed E-state index contributed by atoms with van der Waals surface area (Å²) in [7, 11) is 0. The normalized spacial score (nSPS) is 31.0. The number of hydrogen-bond acceptors (Lipinski definition) is 8. The van der Waals surface area contributed by atoms with E-state index in [0.29, 0.717) is 32.0 Å². The number of aliphatic hydroxyl groups is 1. The highest BCUT2D eigenvalue weighted by Crippen LogP contribution is 2.30. The van der Waals surface area contributed by atoms with Gasteiger partial charge in [-0.3, -0.25) is 9.69 Å². The number of piperazine rings is 1. The molecule has 1 N–H and O–H groups in total. The molecule has 0 unspecified atom stereocenters. The van der Waals surface area contributed by atoms with Gasteiger partial charge in [-0.25, -0.2) is 9.59 Å². The van der Waals surface area contributed by atoms with Gasteiger partial charge in [-0.05, 0) is 69.9 Å². The first-order valence-corrected chi connectivity index (χ1v) is 19.3. The van der Waals surface area contributed by atoms with Crippen LogP contribution in [0.1, 0.15) is 112 Å². The Morgan fingerprint density at radius 1 is 0.940 bits per heavy atom. The van der Waals surface area contributed by atoms with E-state index in [-0.39, 0.29) is 42.3 Å². The van der Waals surface area contributed by atoms with Crippen LogP contribution in [0.3, 0.4) is 0 Å². The zero-order chi connectivity index (χ0) is 36.3. The van der Waals surface area contributed by atoms with Crippen molar-refractivity contribution in [3.63, 3.8) is 0 Å². The van der Waals surface area contributed by atoms with Crippen LogP contribution in [0.15, 0.2) is 36.0 Å². The van der Waals surface area contributed by atoms with Gasteiger partial charge in [0.05, 0.1) is 0 Å². The van der Waals surface area contributed by atoms with Crippen molar-refractivity contribution in [2.24, 2.45) is 17.3 Å². The second-order valence-corrected chi connectivity index (χ2v) is 16.3. The Labute approximate surface area is 301 Å². The third-order valence-corrected chi connectivity index (χ3v) is 11.0. The molecular weight excluding hydrogens is 634 g/mol. The molecule has 0 spiro atoms. The molecule has 4 rings (SSSR count). The van der Waals surface area contributed by atoms with Crippen molar-refractivity contribution < 1.29 is 33.7 Å². The van der Waals surface area contributed by atoms with Crippen LogP contribution in [0.4, 0.5) is 9.59 Å². The van der Waals surface area contributed by atoms with Crippen molar-refractivity contribution in [3.05, 3.63) is 36.0 Å². The van der Waals surface area contributed by atoms with Crippen LogP contribution in [-0.2, 0) is 19.0 Å². The van der Waals surface area contributed by atoms with Crippen LogP contribution in [-0.4, -0.2) is 108 Å². The number of amides is 2. The molecular formula is C40H65N3O7. The Kier molecular flexibility index (Phi) is 14.8. The lowest BCUT2D eigenvalue weighted by Crippen LogP contribution is -2.53. The number of cyclic esters (lactones) is 1. The van der Waals surface area contributed by atoms with E-state index in [4.69, 9.17) is 14.2 Å². The van der Waals surface area contributed by atoms with Crippen LogP contribution >= 0.6 is 0 Å². The molecule has 5 atom stereocenters. The zero-order valence-electron chi connectivity index (χ0n) is 31.7. The van der Waals surface area contributed by atoms with Gasteiger partial charge in [0.15, 0.2) is 6.10 Å². The number of likely N-dealkylation sites (tertiary alicyclic amines) is 1. The van der Waals surface area contributed by atoms with Crippen LogP contribution in [0.5, 0.6) is 0 Å². The summed E-state index contributed by atoms with van der Waals surface area (Å²) in [5.74, 6) is -0.553. The predicted molar refractivity (Wildman–Crippen MR) is 196 cm³/mol. The summed E-state index contributed by atoms with van der Waals surface area (Å²) in [6, 6.07) is 0.611. The van der Waals surface area contributed by atoms with Gasteiger partial charge in [-0.2, -0.15) is 0 Å². The zero-order valence-corrected chi connectivity index (χ0v) is 31.7. The molecule has 1 saturated carbocycles. The highest BCUT2D eigenvalue weighted by molar-refractivity contribution is 5.70. The molecule has 3 fully saturated rings. The van der Waals surface area contributed by atoms with Crippen molar-refractivity contribution in [1.29, 1.82) is 0 Å². The highest BCUT2D eigenvalue weighted by atomic mass is 16.6. The first-order chi connectivity index (χ1) is 23.7. The number of hydrogen-bond donors (Lipinski definition) is 1. The average Bonchev–Trinajstić information content (AvgIpc) is 3.49. The van der Waals surface area contributed by atoms with Crippen molar-refractivity contribution in [2.75, 3.05) is 45.9 Å². The molecule has 2 saturated heterocycles. The van der Waals surface area contributed by atoms with Gasteiger partial charge in [0, 0.05) is 63.1 Å². The molecule has 3 aliphatic heterocycles. The molecule has 282 valence electrons. The smallest absolute Gasteiger partial charge is 0.410 e. The van der Waals surface area contributed by atoms with E-state index < -0.39 is 23.9 Å². The van der Waals surface area contributed by atoms with Crippen LogP contribution in [0.2, 0.25) is 0 Å². The third kappa shape index (κ3) is 12.1. The molecule has 0 radical (unpaired) electrons. The number of ether oxygens (including phenoxy) is 3. The van der Waals surface area contributed by atoms with E-state index in [1.54, 1.807) is 22.8 Å². The summed E-state index contributed by atoms with van der Waals surface area (Å²) in [6.45, 7) is 16.3. The fourth-order valence-corrected chi connectivity index (χ4v) is 7.54. The van der Waals surface area contributed by atoms with Crippen molar-refractivity contribution in [3.8, 4) is 0 Å². The third-order valence-electron chi connectivity index (χ3n) is 11.0.